The molecule has 5 nitrogen and oxygen atoms in total. The minimum atomic E-state index is -3.52. The molecule has 3 rings (SSSR count). The van der Waals surface area contributed by atoms with Crippen molar-refractivity contribution in [3.8, 4) is 5.75 Å². The summed E-state index contributed by atoms with van der Waals surface area (Å²) in [6, 6.07) is 12.6. The first-order valence-corrected chi connectivity index (χ1v) is 9.52. The first-order valence-electron chi connectivity index (χ1n) is 8.08. The molecule has 1 aliphatic heterocycles. The third-order valence-corrected chi connectivity index (χ3v) is 5.81. The van der Waals surface area contributed by atoms with Crippen molar-refractivity contribution in [2.24, 2.45) is 0 Å². The molecular formula is C18H20FNO4S. The van der Waals surface area contributed by atoms with E-state index in [-0.39, 0.29) is 23.4 Å². The van der Waals surface area contributed by atoms with Crippen molar-refractivity contribution in [3.63, 3.8) is 0 Å². The third-order valence-electron chi connectivity index (χ3n) is 3.96. The molecule has 1 fully saturated rings. The fourth-order valence-corrected chi connectivity index (χ4v) is 4.07. The Hall–Kier alpha value is -1.96. The second-order valence-electron chi connectivity index (χ2n) is 5.79. The molecule has 0 radical (unpaired) electrons. The van der Waals surface area contributed by atoms with Gasteiger partial charge in [0.2, 0.25) is 10.0 Å². The highest BCUT2D eigenvalue weighted by Gasteiger charge is 2.37. The van der Waals surface area contributed by atoms with Crippen molar-refractivity contribution in [2.45, 2.75) is 24.5 Å². The molecule has 0 atom stereocenters. The van der Waals surface area contributed by atoms with Crippen molar-refractivity contribution in [3.05, 3.63) is 59.9 Å². The van der Waals surface area contributed by atoms with Gasteiger partial charge in [0, 0.05) is 13.1 Å². The van der Waals surface area contributed by atoms with Crippen LogP contribution in [0.1, 0.15) is 12.5 Å². The first kappa shape index (κ1) is 17.8. The van der Waals surface area contributed by atoms with Crippen molar-refractivity contribution in [2.75, 3.05) is 19.7 Å². The normalized spacial score (nSPS) is 15.8. The topological polar surface area (TPSA) is 55.8 Å². The van der Waals surface area contributed by atoms with Crippen LogP contribution < -0.4 is 4.74 Å². The maximum atomic E-state index is 13.1. The highest BCUT2D eigenvalue weighted by atomic mass is 32.2. The minimum absolute atomic E-state index is 0.180. The van der Waals surface area contributed by atoms with Crippen LogP contribution in [0, 0.1) is 5.82 Å². The zero-order valence-electron chi connectivity index (χ0n) is 13.9. The number of ether oxygens (including phenoxy) is 2. The van der Waals surface area contributed by atoms with Gasteiger partial charge in [-0.2, -0.15) is 4.31 Å². The van der Waals surface area contributed by atoms with Gasteiger partial charge in [0.05, 0.1) is 24.2 Å². The van der Waals surface area contributed by atoms with E-state index in [1.165, 1.54) is 16.4 Å². The van der Waals surface area contributed by atoms with Crippen LogP contribution in [-0.4, -0.2) is 38.5 Å². The molecule has 7 heteroatoms. The number of sulfonamides is 1. The molecule has 0 spiro atoms. The van der Waals surface area contributed by atoms with Gasteiger partial charge in [-0.25, -0.2) is 12.8 Å². The molecule has 0 bridgehead atoms. The van der Waals surface area contributed by atoms with Gasteiger partial charge >= 0.3 is 0 Å². The number of hydrogen-bond acceptors (Lipinski definition) is 4. The highest BCUT2D eigenvalue weighted by molar-refractivity contribution is 7.89. The van der Waals surface area contributed by atoms with Crippen LogP contribution in [0.25, 0.3) is 0 Å². The number of rotatable bonds is 7. The Kier molecular flexibility index (Phi) is 5.36. The predicted octanol–water partition coefficient (Wildman–Crippen LogP) is 2.81. The molecule has 0 unspecified atom stereocenters. The molecule has 1 heterocycles. The number of halogens is 1. The number of hydrogen-bond donors (Lipinski definition) is 0. The van der Waals surface area contributed by atoms with Gasteiger partial charge in [-0.1, -0.05) is 12.1 Å². The molecular weight excluding hydrogens is 345 g/mol. The Morgan fingerprint density at radius 2 is 1.88 bits per heavy atom. The molecule has 1 aliphatic rings. The lowest BCUT2D eigenvalue weighted by Gasteiger charge is -2.37. The van der Waals surface area contributed by atoms with E-state index in [4.69, 9.17) is 9.47 Å². The standard InChI is InChI=1S/C18H20FNO4S/c1-2-23-16-6-8-18(9-7-16)25(21,22)20-11-17(12-20)24-13-14-4-3-5-15(19)10-14/h3-10,17H,2,11-13H2,1H3. The number of nitrogens with zero attached hydrogens (tertiary/aromatic N) is 1. The second kappa shape index (κ2) is 7.51. The van der Waals surface area contributed by atoms with Gasteiger partial charge in [0.1, 0.15) is 11.6 Å². The van der Waals surface area contributed by atoms with E-state index in [9.17, 15) is 12.8 Å². The molecule has 134 valence electrons. The van der Waals surface area contributed by atoms with Crippen LogP contribution >= 0.6 is 0 Å². The Labute approximate surface area is 147 Å². The largest absolute Gasteiger partial charge is 0.494 e. The lowest BCUT2D eigenvalue weighted by molar-refractivity contribution is -0.0296. The van der Waals surface area contributed by atoms with Crippen molar-refractivity contribution in [1.29, 1.82) is 0 Å². The molecule has 2 aromatic carbocycles. The van der Waals surface area contributed by atoms with E-state index >= 15 is 0 Å². The molecule has 2 aromatic rings. The van der Waals surface area contributed by atoms with Crippen LogP contribution in [0.2, 0.25) is 0 Å². The lowest BCUT2D eigenvalue weighted by Crippen LogP contribution is -2.54. The summed E-state index contributed by atoms with van der Waals surface area (Å²) >= 11 is 0. The summed E-state index contributed by atoms with van der Waals surface area (Å²) < 4.78 is 50.5. The van der Waals surface area contributed by atoms with Gasteiger partial charge in [0.15, 0.2) is 0 Å². The van der Waals surface area contributed by atoms with Gasteiger partial charge in [0.25, 0.3) is 0 Å². The van der Waals surface area contributed by atoms with Gasteiger partial charge in [-0.15, -0.1) is 0 Å². The first-order chi connectivity index (χ1) is 12.0. The zero-order chi connectivity index (χ0) is 17.9. The van der Waals surface area contributed by atoms with Crippen molar-refractivity contribution >= 4 is 10.0 Å². The highest BCUT2D eigenvalue weighted by Crippen LogP contribution is 2.25. The van der Waals surface area contributed by atoms with E-state index in [2.05, 4.69) is 0 Å². The second-order valence-corrected chi connectivity index (χ2v) is 7.73. The maximum absolute atomic E-state index is 13.1. The number of benzene rings is 2. The predicted molar refractivity (Wildman–Crippen MR) is 91.3 cm³/mol. The smallest absolute Gasteiger partial charge is 0.243 e. The lowest BCUT2D eigenvalue weighted by atomic mass is 10.2. The molecule has 0 saturated carbocycles. The fraction of sp³-hybridized carbons (Fsp3) is 0.333. The summed E-state index contributed by atoms with van der Waals surface area (Å²) in [6.45, 7) is 3.26. The summed E-state index contributed by atoms with van der Waals surface area (Å²) in [5, 5.41) is 0. The van der Waals surface area contributed by atoms with E-state index in [0.29, 0.717) is 25.4 Å². The summed E-state index contributed by atoms with van der Waals surface area (Å²) in [6.07, 6.45) is -0.180. The van der Waals surface area contributed by atoms with Crippen LogP contribution in [0.15, 0.2) is 53.4 Å². The Balaban J connectivity index is 1.54. The quantitative estimate of drug-likeness (QED) is 0.757. The van der Waals surface area contributed by atoms with Gasteiger partial charge in [-0.3, -0.25) is 0 Å². The average Bonchev–Trinajstić information content (AvgIpc) is 2.54. The Bertz CT molecular complexity index is 817. The summed E-state index contributed by atoms with van der Waals surface area (Å²) in [5.74, 6) is 0.329. The molecule has 1 saturated heterocycles. The molecule has 0 aromatic heterocycles. The maximum Gasteiger partial charge on any atom is 0.243 e. The minimum Gasteiger partial charge on any atom is -0.494 e. The van der Waals surface area contributed by atoms with Crippen LogP contribution in [0.5, 0.6) is 5.75 Å². The SMILES string of the molecule is CCOc1ccc(S(=O)(=O)N2CC(OCc3cccc(F)c3)C2)cc1. The molecule has 25 heavy (non-hydrogen) atoms. The summed E-state index contributed by atoms with van der Waals surface area (Å²) in [4.78, 5) is 0.236. The fourth-order valence-electron chi connectivity index (χ4n) is 2.57. The molecule has 0 aliphatic carbocycles. The van der Waals surface area contributed by atoms with Crippen LogP contribution in [0.3, 0.4) is 0 Å². The summed E-state index contributed by atoms with van der Waals surface area (Å²) in [5.41, 5.74) is 0.729. The van der Waals surface area contributed by atoms with Crippen LogP contribution in [0.4, 0.5) is 4.39 Å². The van der Waals surface area contributed by atoms with E-state index < -0.39 is 10.0 Å². The van der Waals surface area contributed by atoms with Crippen molar-refractivity contribution < 1.29 is 22.3 Å². The van der Waals surface area contributed by atoms with Crippen LogP contribution in [-0.2, 0) is 21.4 Å². The van der Waals surface area contributed by atoms with Gasteiger partial charge < -0.3 is 9.47 Å². The average molecular weight is 365 g/mol. The van der Waals surface area contributed by atoms with Gasteiger partial charge in [-0.05, 0) is 48.9 Å². The van der Waals surface area contributed by atoms with E-state index in [1.807, 2.05) is 6.92 Å². The molecule has 0 N–H and O–H groups in total. The Morgan fingerprint density at radius 3 is 2.52 bits per heavy atom. The van der Waals surface area contributed by atoms with E-state index in [0.717, 1.165) is 5.56 Å². The zero-order valence-corrected chi connectivity index (χ0v) is 14.7. The Morgan fingerprint density at radius 1 is 1.16 bits per heavy atom. The monoisotopic (exact) mass is 365 g/mol. The molecule has 0 amide bonds. The van der Waals surface area contributed by atoms with E-state index in [1.54, 1.807) is 36.4 Å². The third kappa shape index (κ3) is 4.18. The van der Waals surface area contributed by atoms with Crippen molar-refractivity contribution in [1.82, 2.24) is 4.31 Å². The summed E-state index contributed by atoms with van der Waals surface area (Å²) in [7, 11) is -3.52.